The number of carbonyl (C=O) groups excluding carboxylic acids is 1. The molecule has 4 heteroatoms. The maximum atomic E-state index is 12.2. The second kappa shape index (κ2) is 7.22. The van der Waals surface area contributed by atoms with E-state index >= 15 is 0 Å². The van der Waals surface area contributed by atoms with E-state index in [9.17, 15) is 4.79 Å². The summed E-state index contributed by atoms with van der Waals surface area (Å²) in [6, 6.07) is 10.3. The highest BCUT2D eigenvalue weighted by Gasteiger charge is 2.13. The summed E-state index contributed by atoms with van der Waals surface area (Å²) in [4.78, 5) is 13.0. The van der Waals surface area contributed by atoms with Crippen molar-refractivity contribution in [2.75, 3.05) is 19.6 Å². The summed E-state index contributed by atoms with van der Waals surface area (Å²) < 4.78 is 0. The van der Waals surface area contributed by atoms with E-state index in [-0.39, 0.29) is 5.91 Å². The summed E-state index contributed by atoms with van der Waals surface area (Å²) in [5.41, 5.74) is 3.32. The summed E-state index contributed by atoms with van der Waals surface area (Å²) in [6.07, 6.45) is 0. The first-order chi connectivity index (χ1) is 9.72. The first-order valence-corrected chi connectivity index (χ1v) is 7.73. The number of nitrogens with one attached hydrogen (secondary N) is 2. The van der Waals surface area contributed by atoms with Crippen LogP contribution in [0.3, 0.4) is 0 Å². The Kier molecular flexibility index (Phi) is 5.32. The minimum atomic E-state index is 0.00785. The number of thiophene rings is 1. The third-order valence-electron chi connectivity index (χ3n) is 3.07. The zero-order valence-corrected chi connectivity index (χ0v) is 12.7. The molecule has 0 radical (unpaired) electrons. The van der Waals surface area contributed by atoms with Gasteiger partial charge in [-0.05, 0) is 30.5 Å². The highest BCUT2D eigenvalue weighted by molar-refractivity contribution is 7.12. The van der Waals surface area contributed by atoms with Gasteiger partial charge >= 0.3 is 0 Å². The van der Waals surface area contributed by atoms with Crippen LogP contribution in [0.1, 0.15) is 22.2 Å². The zero-order chi connectivity index (χ0) is 14.4. The van der Waals surface area contributed by atoms with Crippen LogP contribution in [-0.4, -0.2) is 25.5 Å². The SMILES string of the molecule is CCNCCNC(=O)c1sccc1-c1ccc(C)cc1. The number of likely N-dealkylation sites (N-methyl/N-ethyl adjacent to an activating group) is 1. The van der Waals surface area contributed by atoms with Crippen LogP contribution >= 0.6 is 11.3 Å². The monoisotopic (exact) mass is 288 g/mol. The number of benzene rings is 1. The Bertz CT molecular complexity index is 560. The summed E-state index contributed by atoms with van der Waals surface area (Å²) in [5.74, 6) is 0.00785. The van der Waals surface area contributed by atoms with Crippen LogP contribution in [0.5, 0.6) is 0 Å². The van der Waals surface area contributed by atoms with Crippen LogP contribution in [0.4, 0.5) is 0 Å². The lowest BCUT2D eigenvalue weighted by molar-refractivity contribution is 0.0958. The van der Waals surface area contributed by atoms with Crippen LogP contribution in [0.15, 0.2) is 35.7 Å². The fraction of sp³-hybridized carbons (Fsp3) is 0.312. The molecular weight excluding hydrogens is 268 g/mol. The Morgan fingerprint density at radius 3 is 2.60 bits per heavy atom. The van der Waals surface area contributed by atoms with E-state index in [0.717, 1.165) is 29.1 Å². The van der Waals surface area contributed by atoms with Gasteiger partial charge in [-0.1, -0.05) is 36.8 Å². The molecule has 0 aliphatic rings. The fourth-order valence-corrected chi connectivity index (χ4v) is 2.80. The minimum absolute atomic E-state index is 0.00785. The molecule has 2 rings (SSSR count). The van der Waals surface area contributed by atoms with Crippen LogP contribution in [0.2, 0.25) is 0 Å². The molecule has 2 aromatic rings. The van der Waals surface area contributed by atoms with E-state index in [4.69, 9.17) is 0 Å². The smallest absolute Gasteiger partial charge is 0.262 e. The largest absolute Gasteiger partial charge is 0.350 e. The molecule has 0 atom stereocenters. The second-order valence-corrected chi connectivity index (χ2v) is 5.55. The highest BCUT2D eigenvalue weighted by Crippen LogP contribution is 2.28. The molecule has 0 saturated heterocycles. The molecule has 20 heavy (non-hydrogen) atoms. The van der Waals surface area contributed by atoms with Gasteiger partial charge in [0.25, 0.3) is 5.91 Å². The van der Waals surface area contributed by atoms with E-state index in [2.05, 4.69) is 48.7 Å². The number of rotatable bonds is 6. The average Bonchev–Trinajstić information content (AvgIpc) is 2.93. The molecule has 1 aromatic heterocycles. The van der Waals surface area contributed by atoms with Crippen molar-refractivity contribution in [3.63, 3.8) is 0 Å². The van der Waals surface area contributed by atoms with Crippen molar-refractivity contribution in [3.05, 3.63) is 46.2 Å². The highest BCUT2D eigenvalue weighted by atomic mass is 32.1. The van der Waals surface area contributed by atoms with Gasteiger partial charge in [0.15, 0.2) is 0 Å². The van der Waals surface area contributed by atoms with Crippen molar-refractivity contribution in [2.24, 2.45) is 0 Å². The molecule has 0 spiro atoms. The van der Waals surface area contributed by atoms with Gasteiger partial charge in [0.05, 0.1) is 4.88 Å². The van der Waals surface area contributed by atoms with Gasteiger partial charge in [-0.2, -0.15) is 0 Å². The lowest BCUT2D eigenvalue weighted by Crippen LogP contribution is -2.31. The molecule has 0 fully saturated rings. The van der Waals surface area contributed by atoms with Crippen molar-refractivity contribution in [1.82, 2.24) is 10.6 Å². The van der Waals surface area contributed by atoms with Crippen molar-refractivity contribution in [2.45, 2.75) is 13.8 Å². The molecule has 1 amide bonds. The number of amides is 1. The van der Waals surface area contributed by atoms with E-state index in [1.54, 1.807) is 0 Å². The van der Waals surface area contributed by atoms with E-state index in [1.807, 2.05) is 11.4 Å². The maximum absolute atomic E-state index is 12.2. The van der Waals surface area contributed by atoms with Gasteiger partial charge in [-0.15, -0.1) is 11.3 Å². The summed E-state index contributed by atoms with van der Waals surface area (Å²) in [6.45, 7) is 6.48. The normalized spacial score (nSPS) is 10.5. The van der Waals surface area contributed by atoms with Gasteiger partial charge in [0.1, 0.15) is 0 Å². The van der Waals surface area contributed by atoms with Gasteiger partial charge in [-0.3, -0.25) is 4.79 Å². The molecule has 0 aliphatic carbocycles. The van der Waals surface area contributed by atoms with Crippen LogP contribution in [0.25, 0.3) is 11.1 Å². The van der Waals surface area contributed by atoms with Gasteiger partial charge in [0, 0.05) is 18.7 Å². The summed E-state index contributed by atoms with van der Waals surface area (Å²) >= 11 is 1.49. The van der Waals surface area contributed by atoms with Crippen LogP contribution in [-0.2, 0) is 0 Å². The van der Waals surface area contributed by atoms with E-state index in [0.29, 0.717) is 6.54 Å². The summed E-state index contributed by atoms with van der Waals surface area (Å²) in [5, 5.41) is 8.11. The van der Waals surface area contributed by atoms with Crippen molar-refractivity contribution in [1.29, 1.82) is 0 Å². The minimum Gasteiger partial charge on any atom is -0.350 e. The predicted octanol–water partition coefficient (Wildman–Crippen LogP) is 3.06. The predicted molar refractivity (Wildman–Crippen MR) is 85.4 cm³/mol. The molecule has 106 valence electrons. The van der Waals surface area contributed by atoms with Crippen molar-refractivity contribution >= 4 is 17.2 Å². The van der Waals surface area contributed by atoms with Crippen LogP contribution < -0.4 is 10.6 Å². The molecular formula is C16H20N2OS. The van der Waals surface area contributed by atoms with Gasteiger partial charge < -0.3 is 10.6 Å². The molecule has 2 N–H and O–H groups in total. The average molecular weight is 288 g/mol. The lowest BCUT2D eigenvalue weighted by Gasteiger charge is -2.07. The molecule has 0 unspecified atom stereocenters. The zero-order valence-electron chi connectivity index (χ0n) is 11.9. The van der Waals surface area contributed by atoms with Gasteiger partial charge in [0.2, 0.25) is 0 Å². The third-order valence-corrected chi connectivity index (χ3v) is 3.98. The second-order valence-electron chi connectivity index (χ2n) is 4.64. The molecule has 0 bridgehead atoms. The van der Waals surface area contributed by atoms with E-state index in [1.165, 1.54) is 16.9 Å². The Labute approximate surface area is 124 Å². The number of aryl methyl sites for hydroxylation is 1. The van der Waals surface area contributed by atoms with Crippen molar-refractivity contribution in [3.8, 4) is 11.1 Å². The molecule has 1 heterocycles. The number of hydrogen-bond acceptors (Lipinski definition) is 3. The fourth-order valence-electron chi connectivity index (χ4n) is 1.97. The summed E-state index contributed by atoms with van der Waals surface area (Å²) in [7, 11) is 0. The number of hydrogen-bond donors (Lipinski definition) is 2. The standard InChI is InChI=1S/C16H20N2OS/c1-3-17-9-10-18-16(19)15-14(8-11-20-15)13-6-4-12(2)5-7-13/h4-8,11,17H,3,9-10H2,1-2H3,(H,18,19). The molecule has 1 aromatic carbocycles. The van der Waals surface area contributed by atoms with E-state index < -0.39 is 0 Å². The quantitative estimate of drug-likeness (QED) is 0.802. The first kappa shape index (κ1) is 14.8. The Balaban J connectivity index is 2.08. The Hall–Kier alpha value is -1.65. The molecule has 0 aliphatic heterocycles. The third kappa shape index (κ3) is 3.68. The lowest BCUT2D eigenvalue weighted by atomic mass is 10.0. The van der Waals surface area contributed by atoms with Gasteiger partial charge in [-0.25, -0.2) is 0 Å². The first-order valence-electron chi connectivity index (χ1n) is 6.86. The van der Waals surface area contributed by atoms with Crippen molar-refractivity contribution < 1.29 is 4.79 Å². The topological polar surface area (TPSA) is 41.1 Å². The Morgan fingerprint density at radius 1 is 1.15 bits per heavy atom. The van der Waals surface area contributed by atoms with Crippen LogP contribution in [0, 0.1) is 6.92 Å². The Morgan fingerprint density at radius 2 is 1.90 bits per heavy atom. The molecule has 3 nitrogen and oxygen atoms in total. The number of carbonyl (C=O) groups is 1. The molecule has 0 saturated carbocycles. The maximum Gasteiger partial charge on any atom is 0.262 e.